The number of methoxy groups -OCH3 is 1. The van der Waals surface area contributed by atoms with Crippen LogP contribution in [0.2, 0.25) is 0 Å². The molecule has 0 bridgehead atoms. The number of nitrogens with one attached hydrogen (secondary N) is 1. The third-order valence-electron chi connectivity index (χ3n) is 5.62. The lowest BCUT2D eigenvalue weighted by Gasteiger charge is -2.11. The van der Waals surface area contributed by atoms with E-state index in [1.165, 1.54) is 0 Å². The number of carbonyl (C=O) groups is 1. The molecule has 1 aliphatic carbocycles. The standard InChI is InChI=1S/C26H27N3O3/c1-17-22(12-18-7-10-25(27-15-18)29(2)3)21-9-8-19(31-4)13-24(21)23(17)14-26(30)28-16-20-6-5-11-32-20/h5-13,15H,14,16H2,1-4H3,(H,28,30)/b22-12-. The summed E-state index contributed by atoms with van der Waals surface area (Å²) in [7, 11) is 5.59. The summed E-state index contributed by atoms with van der Waals surface area (Å²) < 4.78 is 10.8. The topological polar surface area (TPSA) is 67.6 Å². The molecule has 32 heavy (non-hydrogen) atoms. The molecule has 6 heteroatoms. The van der Waals surface area contributed by atoms with E-state index in [9.17, 15) is 4.79 Å². The number of nitrogens with zero attached hydrogens (tertiary/aromatic N) is 2. The fourth-order valence-electron chi connectivity index (χ4n) is 3.85. The molecule has 1 amide bonds. The van der Waals surface area contributed by atoms with Gasteiger partial charge in [0.25, 0.3) is 0 Å². The molecule has 3 aromatic rings. The number of anilines is 1. The molecular weight excluding hydrogens is 402 g/mol. The van der Waals surface area contributed by atoms with E-state index in [1.807, 2.05) is 55.5 Å². The van der Waals surface area contributed by atoms with Gasteiger partial charge in [-0.1, -0.05) is 6.07 Å². The van der Waals surface area contributed by atoms with Gasteiger partial charge in [0, 0.05) is 20.3 Å². The van der Waals surface area contributed by atoms with Crippen LogP contribution in [-0.4, -0.2) is 32.1 Å². The molecule has 2 aromatic heterocycles. The monoisotopic (exact) mass is 429 g/mol. The molecule has 0 unspecified atom stereocenters. The number of hydrogen-bond acceptors (Lipinski definition) is 5. The minimum Gasteiger partial charge on any atom is -0.497 e. The van der Waals surface area contributed by atoms with E-state index in [0.717, 1.165) is 50.7 Å². The summed E-state index contributed by atoms with van der Waals surface area (Å²) in [6, 6.07) is 13.7. The van der Waals surface area contributed by atoms with Gasteiger partial charge < -0.3 is 19.4 Å². The van der Waals surface area contributed by atoms with Crippen molar-refractivity contribution in [1.82, 2.24) is 10.3 Å². The molecule has 0 atom stereocenters. The number of fused-ring (bicyclic) bond motifs is 1. The van der Waals surface area contributed by atoms with Crippen LogP contribution in [0.1, 0.15) is 35.8 Å². The summed E-state index contributed by atoms with van der Waals surface area (Å²) >= 11 is 0. The Bertz CT molecular complexity index is 1170. The molecule has 1 aromatic carbocycles. The van der Waals surface area contributed by atoms with Gasteiger partial charge in [-0.3, -0.25) is 4.79 Å². The van der Waals surface area contributed by atoms with E-state index < -0.39 is 0 Å². The van der Waals surface area contributed by atoms with Crippen LogP contribution in [0.5, 0.6) is 5.75 Å². The van der Waals surface area contributed by atoms with E-state index >= 15 is 0 Å². The summed E-state index contributed by atoms with van der Waals surface area (Å²) in [6.07, 6.45) is 5.88. The zero-order chi connectivity index (χ0) is 22.7. The number of amides is 1. The Morgan fingerprint density at radius 1 is 1.19 bits per heavy atom. The van der Waals surface area contributed by atoms with E-state index in [0.29, 0.717) is 6.54 Å². The summed E-state index contributed by atoms with van der Waals surface area (Å²) in [6.45, 7) is 2.44. The van der Waals surface area contributed by atoms with Crippen molar-refractivity contribution in [3.63, 3.8) is 0 Å². The summed E-state index contributed by atoms with van der Waals surface area (Å²) in [5.74, 6) is 2.35. The summed E-state index contributed by atoms with van der Waals surface area (Å²) in [5.41, 5.74) is 6.30. The average Bonchev–Trinajstić information content (AvgIpc) is 3.40. The maximum atomic E-state index is 12.7. The Morgan fingerprint density at radius 2 is 2.03 bits per heavy atom. The molecule has 0 radical (unpaired) electrons. The quantitative estimate of drug-likeness (QED) is 0.585. The molecule has 0 saturated heterocycles. The van der Waals surface area contributed by atoms with E-state index in [2.05, 4.69) is 35.4 Å². The third-order valence-corrected chi connectivity index (χ3v) is 5.62. The van der Waals surface area contributed by atoms with Crippen LogP contribution in [0.4, 0.5) is 5.82 Å². The van der Waals surface area contributed by atoms with Crippen molar-refractivity contribution in [3.8, 4) is 5.75 Å². The highest BCUT2D eigenvalue weighted by Gasteiger charge is 2.26. The number of furan rings is 1. The number of aromatic nitrogens is 1. The fraction of sp³-hybridized carbons (Fsp3) is 0.231. The molecule has 0 spiro atoms. The maximum Gasteiger partial charge on any atom is 0.224 e. The molecule has 1 aliphatic rings. The van der Waals surface area contributed by atoms with Crippen molar-refractivity contribution in [2.24, 2.45) is 0 Å². The second-order valence-corrected chi connectivity index (χ2v) is 7.95. The Kier molecular flexibility index (Phi) is 6.12. The number of pyridine rings is 1. The highest BCUT2D eigenvalue weighted by molar-refractivity contribution is 6.08. The van der Waals surface area contributed by atoms with Gasteiger partial charge in [0.15, 0.2) is 0 Å². The molecule has 0 fully saturated rings. The van der Waals surface area contributed by atoms with Crippen LogP contribution >= 0.6 is 0 Å². The second kappa shape index (κ2) is 9.14. The molecule has 2 heterocycles. The van der Waals surface area contributed by atoms with E-state index in [1.54, 1.807) is 13.4 Å². The first-order valence-electron chi connectivity index (χ1n) is 10.5. The minimum absolute atomic E-state index is 0.0530. The summed E-state index contributed by atoms with van der Waals surface area (Å²) in [5, 5.41) is 2.94. The Labute approximate surface area is 188 Å². The van der Waals surface area contributed by atoms with Crippen LogP contribution < -0.4 is 15.0 Å². The van der Waals surface area contributed by atoms with Gasteiger partial charge in [-0.2, -0.15) is 0 Å². The predicted octanol–water partition coefficient (Wildman–Crippen LogP) is 4.78. The van der Waals surface area contributed by atoms with Gasteiger partial charge in [-0.15, -0.1) is 0 Å². The number of ether oxygens (including phenoxy) is 1. The largest absolute Gasteiger partial charge is 0.497 e. The molecule has 6 nitrogen and oxygen atoms in total. The van der Waals surface area contributed by atoms with Crippen molar-refractivity contribution in [2.45, 2.75) is 19.9 Å². The number of carbonyl (C=O) groups excluding carboxylic acids is 1. The van der Waals surface area contributed by atoms with Crippen molar-refractivity contribution < 1.29 is 13.9 Å². The normalized spacial score (nSPS) is 13.9. The van der Waals surface area contributed by atoms with Crippen molar-refractivity contribution in [1.29, 1.82) is 0 Å². The van der Waals surface area contributed by atoms with Gasteiger partial charge in [0.1, 0.15) is 17.3 Å². The van der Waals surface area contributed by atoms with Crippen LogP contribution in [0.15, 0.2) is 64.9 Å². The minimum atomic E-state index is -0.0530. The first kappa shape index (κ1) is 21.4. The van der Waals surface area contributed by atoms with Crippen molar-refractivity contribution >= 4 is 28.9 Å². The highest BCUT2D eigenvalue weighted by Crippen LogP contribution is 2.44. The number of benzene rings is 1. The Balaban J connectivity index is 1.65. The average molecular weight is 430 g/mol. The zero-order valence-corrected chi connectivity index (χ0v) is 18.8. The molecule has 1 N–H and O–H groups in total. The van der Waals surface area contributed by atoms with Crippen molar-refractivity contribution in [2.75, 3.05) is 26.1 Å². The Morgan fingerprint density at radius 3 is 2.69 bits per heavy atom. The van der Waals surface area contributed by atoms with Crippen LogP contribution in [-0.2, 0) is 11.3 Å². The number of rotatable bonds is 7. The van der Waals surface area contributed by atoms with Gasteiger partial charge >= 0.3 is 0 Å². The first-order valence-corrected chi connectivity index (χ1v) is 10.5. The van der Waals surface area contributed by atoms with Gasteiger partial charge in [-0.25, -0.2) is 4.98 Å². The van der Waals surface area contributed by atoms with Crippen LogP contribution in [0.25, 0.3) is 17.2 Å². The fourth-order valence-corrected chi connectivity index (χ4v) is 3.85. The lowest BCUT2D eigenvalue weighted by Crippen LogP contribution is -2.22. The highest BCUT2D eigenvalue weighted by atomic mass is 16.5. The number of hydrogen-bond donors (Lipinski definition) is 1. The van der Waals surface area contributed by atoms with Gasteiger partial charge in [0.2, 0.25) is 5.91 Å². The SMILES string of the molecule is COc1ccc2c(c1)C(CC(=O)NCc1ccco1)=C(C)/C2=C/c1ccc(N(C)C)nc1. The molecule has 164 valence electrons. The van der Waals surface area contributed by atoms with Gasteiger partial charge in [-0.05, 0) is 82.8 Å². The predicted molar refractivity (Wildman–Crippen MR) is 127 cm³/mol. The Hall–Kier alpha value is -3.80. The van der Waals surface area contributed by atoms with Crippen molar-refractivity contribution in [3.05, 3.63) is 82.9 Å². The smallest absolute Gasteiger partial charge is 0.224 e. The second-order valence-electron chi connectivity index (χ2n) is 7.95. The molecular formula is C26H27N3O3. The lowest BCUT2D eigenvalue weighted by atomic mass is 10.0. The lowest BCUT2D eigenvalue weighted by molar-refractivity contribution is -0.120. The van der Waals surface area contributed by atoms with E-state index in [4.69, 9.17) is 9.15 Å². The molecule has 4 rings (SSSR count). The molecule has 0 saturated carbocycles. The third kappa shape index (κ3) is 4.44. The maximum absolute atomic E-state index is 12.7. The van der Waals surface area contributed by atoms with E-state index in [-0.39, 0.29) is 12.3 Å². The summed E-state index contributed by atoms with van der Waals surface area (Å²) in [4.78, 5) is 19.2. The number of allylic oxidation sites excluding steroid dienone is 2. The van der Waals surface area contributed by atoms with Gasteiger partial charge in [0.05, 0.1) is 26.3 Å². The first-order chi connectivity index (χ1) is 15.5. The molecule has 0 aliphatic heterocycles. The van der Waals surface area contributed by atoms with Crippen LogP contribution in [0, 0.1) is 0 Å². The zero-order valence-electron chi connectivity index (χ0n) is 18.8. The van der Waals surface area contributed by atoms with Crippen LogP contribution in [0.3, 0.4) is 0 Å².